The molecule has 1 fully saturated rings. The molecule has 1 aromatic rings. The zero-order valence-corrected chi connectivity index (χ0v) is 10.8. The number of hydrogen-bond acceptors (Lipinski definition) is 4. The van der Waals surface area contributed by atoms with Crippen LogP contribution in [0.5, 0.6) is 0 Å². The van der Waals surface area contributed by atoms with Gasteiger partial charge < -0.3 is 10.8 Å². The first-order valence-electron chi connectivity index (χ1n) is 5.71. The Labute approximate surface area is 109 Å². The SMILES string of the molecule is Nc1cc(F)c(F)c(S(=O)(=O)N2CCC(CO)C2)c1. The van der Waals surface area contributed by atoms with Gasteiger partial charge in [-0.15, -0.1) is 0 Å². The van der Waals surface area contributed by atoms with Gasteiger partial charge in [-0.05, 0) is 24.5 Å². The van der Waals surface area contributed by atoms with Crippen molar-refractivity contribution in [3.8, 4) is 0 Å². The van der Waals surface area contributed by atoms with Crippen LogP contribution in [0.25, 0.3) is 0 Å². The smallest absolute Gasteiger partial charge is 0.246 e. The molecule has 0 amide bonds. The molecular weight excluding hydrogens is 278 g/mol. The lowest BCUT2D eigenvalue weighted by molar-refractivity contribution is 0.233. The second-order valence-corrected chi connectivity index (χ2v) is 6.42. The third kappa shape index (κ3) is 2.56. The molecular formula is C11H14F2N2O3S. The first kappa shape index (κ1) is 14.2. The van der Waals surface area contributed by atoms with Crippen LogP contribution in [-0.4, -0.2) is 37.5 Å². The highest BCUT2D eigenvalue weighted by atomic mass is 32.2. The topological polar surface area (TPSA) is 83.6 Å². The van der Waals surface area contributed by atoms with Gasteiger partial charge >= 0.3 is 0 Å². The Hall–Kier alpha value is -1.25. The third-order valence-corrected chi connectivity index (χ3v) is 5.01. The average molecular weight is 292 g/mol. The highest BCUT2D eigenvalue weighted by Crippen LogP contribution is 2.28. The molecule has 8 heteroatoms. The van der Waals surface area contributed by atoms with Crippen molar-refractivity contribution in [2.75, 3.05) is 25.4 Å². The molecule has 0 aromatic heterocycles. The zero-order valence-electron chi connectivity index (χ0n) is 10.0. The molecule has 0 saturated carbocycles. The Morgan fingerprint density at radius 1 is 1.42 bits per heavy atom. The van der Waals surface area contributed by atoms with Crippen molar-refractivity contribution in [3.63, 3.8) is 0 Å². The number of nitrogens with two attached hydrogens (primary N) is 1. The van der Waals surface area contributed by atoms with E-state index in [1.807, 2.05) is 0 Å². The molecule has 0 bridgehead atoms. The monoisotopic (exact) mass is 292 g/mol. The van der Waals surface area contributed by atoms with Gasteiger partial charge in [-0.2, -0.15) is 4.31 Å². The van der Waals surface area contributed by atoms with Crippen molar-refractivity contribution in [1.29, 1.82) is 0 Å². The Balaban J connectivity index is 2.41. The maximum absolute atomic E-state index is 13.6. The number of rotatable bonds is 3. The number of hydrogen-bond donors (Lipinski definition) is 2. The third-order valence-electron chi connectivity index (χ3n) is 3.14. The van der Waals surface area contributed by atoms with Gasteiger partial charge in [0.1, 0.15) is 4.90 Å². The molecule has 0 radical (unpaired) electrons. The highest BCUT2D eigenvalue weighted by Gasteiger charge is 2.34. The number of anilines is 1. The quantitative estimate of drug-likeness (QED) is 0.797. The molecule has 0 aliphatic carbocycles. The predicted molar refractivity (Wildman–Crippen MR) is 64.7 cm³/mol. The molecule has 106 valence electrons. The van der Waals surface area contributed by atoms with E-state index < -0.39 is 26.6 Å². The summed E-state index contributed by atoms with van der Waals surface area (Å²) in [6.45, 7) is 0.123. The van der Waals surface area contributed by atoms with Gasteiger partial charge in [0.05, 0.1) is 0 Å². The van der Waals surface area contributed by atoms with Crippen LogP contribution < -0.4 is 5.73 Å². The number of nitrogens with zero attached hydrogens (tertiary/aromatic N) is 1. The summed E-state index contributed by atoms with van der Waals surface area (Å²) in [5.74, 6) is -2.90. The van der Waals surface area contributed by atoms with Crippen molar-refractivity contribution in [2.45, 2.75) is 11.3 Å². The van der Waals surface area contributed by atoms with Crippen LogP contribution in [0.1, 0.15) is 6.42 Å². The summed E-state index contributed by atoms with van der Waals surface area (Å²) in [6.07, 6.45) is 0.488. The van der Waals surface area contributed by atoms with Crippen LogP contribution in [0.4, 0.5) is 14.5 Å². The summed E-state index contributed by atoms with van der Waals surface area (Å²) in [6, 6.07) is 1.63. The van der Waals surface area contributed by atoms with E-state index in [1.54, 1.807) is 0 Å². The molecule has 0 spiro atoms. The molecule has 5 nitrogen and oxygen atoms in total. The van der Waals surface area contributed by atoms with Gasteiger partial charge in [0, 0.05) is 25.4 Å². The summed E-state index contributed by atoms with van der Waals surface area (Å²) in [5.41, 5.74) is 5.19. The minimum atomic E-state index is -4.13. The fourth-order valence-corrected chi connectivity index (χ4v) is 3.72. The van der Waals surface area contributed by atoms with E-state index in [9.17, 15) is 17.2 Å². The van der Waals surface area contributed by atoms with E-state index in [4.69, 9.17) is 10.8 Å². The molecule has 1 unspecified atom stereocenters. The van der Waals surface area contributed by atoms with Gasteiger partial charge in [0.25, 0.3) is 0 Å². The number of halogens is 2. The van der Waals surface area contributed by atoms with Gasteiger partial charge in [-0.3, -0.25) is 0 Å². The number of nitrogen functional groups attached to an aromatic ring is 1. The van der Waals surface area contributed by atoms with Gasteiger partial charge in [0.15, 0.2) is 11.6 Å². The number of benzene rings is 1. The van der Waals surface area contributed by atoms with Crippen LogP contribution in [0.15, 0.2) is 17.0 Å². The summed E-state index contributed by atoms with van der Waals surface area (Å²) < 4.78 is 52.3. The van der Waals surface area contributed by atoms with Crippen LogP contribution in [0.3, 0.4) is 0 Å². The second kappa shape index (κ2) is 5.03. The van der Waals surface area contributed by atoms with Crippen LogP contribution in [-0.2, 0) is 10.0 Å². The van der Waals surface area contributed by atoms with E-state index in [2.05, 4.69) is 0 Å². The molecule has 3 N–H and O–H groups in total. The molecule has 1 aliphatic heterocycles. The normalized spacial score (nSPS) is 20.9. The summed E-state index contributed by atoms with van der Waals surface area (Å²) in [5, 5.41) is 8.99. The Bertz CT molecular complexity index is 592. The number of aliphatic hydroxyl groups excluding tert-OH is 1. The van der Waals surface area contributed by atoms with Crippen molar-refractivity contribution in [2.24, 2.45) is 5.92 Å². The minimum absolute atomic E-state index is 0.0920. The largest absolute Gasteiger partial charge is 0.399 e. The van der Waals surface area contributed by atoms with E-state index >= 15 is 0 Å². The average Bonchev–Trinajstić information content (AvgIpc) is 2.83. The standard InChI is InChI=1S/C11H14F2N2O3S/c12-9-3-8(14)4-10(11(9)13)19(17,18)15-2-1-7(5-15)6-16/h3-4,7,16H,1-2,5-6,14H2. The first-order valence-corrected chi connectivity index (χ1v) is 7.15. The Morgan fingerprint density at radius 3 is 2.68 bits per heavy atom. The van der Waals surface area contributed by atoms with Crippen LogP contribution in [0.2, 0.25) is 0 Å². The predicted octanol–water partition coefficient (Wildman–Crippen LogP) is 0.550. The molecule has 1 heterocycles. The summed E-state index contributed by atoms with van der Waals surface area (Å²) in [4.78, 5) is -0.761. The maximum atomic E-state index is 13.6. The van der Waals surface area contributed by atoms with Crippen molar-refractivity contribution >= 4 is 15.7 Å². The van der Waals surface area contributed by atoms with Gasteiger partial charge in [0.2, 0.25) is 10.0 Å². The van der Waals surface area contributed by atoms with Crippen molar-refractivity contribution in [3.05, 3.63) is 23.8 Å². The maximum Gasteiger partial charge on any atom is 0.246 e. The Kier molecular flexibility index (Phi) is 3.75. The summed E-state index contributed by atoms with van der Waals surface area (Å²) >= 11 is 0. The molecule has 1 aromatic carbocycles. The first-order chi connectivity index (χ1) is 8.86. The Morgan fingerprint density at radius 2 is 2.11 bits per heavy atom. The van der Waals surface area contributed by atoms with E-state index in [1.165, 1.54) is 0 Å². The van der Waals surface area contributed by atoms with E-state index in [0.717, 1.165) is 16.4 Å². The van der Waals surface area contributed by atoms with Gasteiger partial charge in [-0.1, -0.05) is 0 Å². The fourth-order valence-electron chi connectivity index (χ4n) is 2.08. The van der Waals surface area contributed by atoms with E-state index in [-0.39, 0.29) is 31.3 Å². The highest BCUT2D eigenvalue weighted by molar-refractivity contribution is 7.89. The molecule has 19 heavy (non-hydrogen) atoms. The molecule has 1 atom stereocenters. The summed E-state index contributed by atoms with van der Waals surface area (Å²) in [7, 11) is -4.13. The van der Waals surface area contributed by atoms with E-state index in [0.29, 0.717) is 6.42 Å². The molecule has 1 saturated heterocycles. The molecule has 2 rings (SSSR count). The van der Waals surface area contributed by atoms with Crippen molar-refractivity contribution in [1.82, 2.24) is 4.31 Å². The fraction of sp³-hybridized carbons (Fsp3) is 0.455. The number of aliphatic hydroxyl groups is 1. The van der Waals surface area contributed by atoms with Gasteiger partial charge in [-0.25, -0.2) is 17.2 Å². The van der Waals surface area contributed by atoms with Crippen LogP contribution in [0, 0.1) is 17.6 Å². The lowest BCUT2D eigenvalue weighted by Gasteiger charge is -2.17. The van der Waals surface area contributed by atoms with Crippen molar-refractivity contribution < 1.29 is 22.3 Å². The zero-order chi connectivity index (χ0) is 14.2. The second-order valence-electron chi connectivity index (χ2n) is 4.52. The lowest BCUT2D eigenvalue weighted by Crippen LogP contribution is -2.30. The minimum Gasteiger partial charge on any atom is -0.399 e. The van der Waals surface area contributed by atoms with Crippen LogP contribution >= 0.6 is 0 Å². The molecule has 1 aliphatic rings. The number of sulfonamides is 1. The lowest BCUT2D eigenvalue weighted by atomic mass is 10.1.